The van der Waals surface area contributed by atoms with Gasteiger partial charge in [0.25, 0.3) is 0 Å². The Morgan fingerprint density at radius 2 is 2.05 bits per heavy atom. The summed E-state index contributed by atoms with van der Waals surface area (Å²) in [5.41, 5.74) is 0.889. The van der Waals surface area contributed by atoms with Gasteiger partial charge in [-0.1, -0.05) is 0 Å². The third-order valence-electron chi connectivity index (χ3n) is 2.43. The molecule has 0 atom stereocenters. The largest absolute Gasteiger partial charge is 0.490 e. The Morgan fingerprint density at radius 3 is 2.70 bits per heavy atom. The molecule has 20 heavy (non-hydrogen) atoms. The minimum absolute atomic E-state index is 0.442. The van der Waals surface area contributed by atoms with Crippen molar-refractivity contribution >= 4 is 18.4 Å². The molecule has 0 aliphatic carbocycles. The van der Waals surface area contributed by atoms with Crippen LogP contribution in [0.25, 0.3) is 0 Å². The van der Waals surface area contributed by atoms with Crippen LogP contribution in [-0.4, -0.2) is 34.3 Å². The van der Waals surface area contributed by atoms with E-state index in [9.17, 15) is 0 Å². The number of nitrogens with zero attached hydrogens (tertiary/aromatic N) is 3. The molecule has 0 radical (unpaired) electrons. The lowest BCUT2D eigenvalue weighted by Gasteiger charge is -2.10. The van der Waals surface area contributed by atoms with Crippen LogP contribution >= 0.6 is 12.2 Å². The normalized spacial score (nSPS) is 10.9. The molecule has 0 aliphatic heterocycles. The molecule has 0 saturated heterocycles. The van der Waals surface area contributed by atoms with Crippen LogP contribution in [0.2, 0.25) is 0 Å². The Balaban J connectivity index is 2.24. The maximum atomic E-state index is 5.56. The Hall–Kier alpha value is -2.15. The van der Waals surface area contributed by atoms with E-state index in [1.165, 1.54) is 11.0 Å². The lowest BCUT2D eigenvalue weighted by molar-refractivity contribution is 0.288. The number of aromatic amines is 1. The molecular formula is C13H16N4O2S. The van der Waals surface area contributed by atoms with E-state index in [0.29, 0.717) is 23.7 Å². The van der Waals surface area contributed by atoms with Crippen LogP contribution in [0.5, 0.6) is 11.5 Å². The number of aromatic nitrogens is 3. The second-order valence-electron chi connectivity index (χ2n) is 3.82. The van der Waals surface area contributed by atoms with Crippen molar-refractivity contribution in [1.82, 2.24) is 14.9 Å². The van der Waals surface area contributed by atoms with Crippen molar-refractivity contribution < 1.29 is 9.47 Å². The lowest BCUT2D eigenvalue weighted by atomic mass is 10.2. The molecule has 0 aliphatic rings. The van der Waals surface area contributed by atoms with Crippen LogP contribution in [0.4, 0.5) is 0 Å². The predicted octanol–water partition coefficient (Wildman–Crippen LogP) is 2.62. The topological polar surface area (TPSA) is 64.4 Å². The number of nitrogens with one attached hydrogen (secondary N) is 1. The number of hydrogen-bond acceptors (Lipinski definition) is 5. The summed E-state index contributed by atoms with van der Waals surface area (Å²) >= 11 is 5.01. The summed E-state index contributed by atoms with van der Waals surface area (Å²) in [6.45, 7) is 5.04. The van der Waals surface area contributed by atoms with E-state index in [1.807, 2.05) is 32.0 Å². The number of hydrogen-bond donors (Lipinski definition) is 1. The van der Waals surface area contributed by atoms with Gasteiger partial charge in [-0.2, -0.15) is 14.9 Å². The van der Waals surface area contributed by atoms with Gasteiger partial charge in [0.1, 0.15) is 6.33 Å². The van der Waals surface area contributed by atoms with Crippen LogP contribution in [0, 0.1) is 4.77 Å². The predicted molar refractivity (Wildman–Crippen MR) is 79.2 cm³/mol. The van der Waals surface area contributed by atoms with E-state index >= 15 is 0 Å². The molecule has 6 nitrogen and oxygen atoms in total. The van der Waals surface area contributed by atoms with Crippen LogP contribution in [0.1, 0.15) is 19.4 Å². The van der Waals surface area contributed by atoms with Crippen molar-refractivity contribution in [3.63, 3.8) is 0 Å². The van der Waals surface area contributed by atoms with Crippen LogP contribution < -0.4 is 9.47 Å². The number of benzene rings is 1. The quantitative estimate of drug-likeness (QED) is 0.656. The van der Waals surface area contributed by atoms with Crippen molar-refractivity contribution in [3.05, 3.63) is 34.9 Å². The average molecular weight is 292 g/mol. The third-order valence-corrected chi connectivity index (χ3v) is 2.71. The van der Waals surface area contributed by atoms with Gasteiger partial charge in [0, 0.05) is 0 Å². The zero-order valence-corrected chi connectivity index (χ0v) is 12.2. The molecule has 106 valence electrons. The number of H-pyrrole nitrogens is 1. The first-order chi connectivity index (χ1) is 9.74. The van der Waals surface area contributed by atoms with Crippen molar-refractivity contribution in [2.45, 2.75) is 13.8 Å². The number of ether oxygens (including phenoxy) is 2. The Bertz CT molecular complexity index is 648. The summed E-state index contributed by atoms with van der Waals surface area (Å²) in [6.07, 6.45) is 3.19. The molecule has 7 heteroatoms. The van der Waals surface area contributed by atoms with Gasteiger partial charge in [0.05, 0.1) is 19.4 Å². The Kier molecular flexibility index (Phi) is 4.89. The molecule has 1 heterocycles. The second kappa shape index (κ2) is 6.85. The van der Waals surface area contributed by atoms with Crippen molar-refractivity contribution in [2.75, 3.05) is 13.2 Å². The maximum Gasteiger partial charge on any atom is 0.216 e. The van der Waals surface area contributed by atoms with Crippen molar-refractivity contribution in [1.29, 1.82) is 0 Å². The van der Waals surface area contributed by atoms with Gasteiger partial charge in [-0.15, -0.1) is 0 Å². The van der Waals surface area contributed by atoms with Crippen LogP contribution in [-0.2, 0) is 0 Å². The van der Waals surface area contributed by atoms with E-state index in [2.05, 4.69) is 15.3 Å². The second-order valence-corrected chi connectivity index (χ2v) is 4.21. The molecule has 0 unspecified atom stereocenters. The zero-order valence-electron chi connectivity index (χ0n) is 11.4. The van der Waals surface area contributed by atoms with Crippen molar-refractivity contribution in [2.24, 2.45) is 5.10 Å². The Morgan fingerprint density at radius 1 is 1.30 bits per heavy atom. The van der Waals surface area contributed by atoms with Gasteiger partial charge in [-0.3, -0.25) is 5.10 Å². The number of rotatable bonds is 6. The molecule has 2 rings (SSSR count). The van der Waals surface area contributed by atoms with Gasteiger partial charge in [-0.05, 0) is 49.8 Å². The fourth-order valence-corrected chi connectivity index (χ4v) is 1.75. The monoisotopic (exact) mass is 292 g/mol. The highest BCUT2D eigenvalue weighted by molar-refractivity contribution is 7.71. The lowest BCUT2D eigenvalue weighted by Crippen LogP contribution is -1.99. The van der Waals surface area contributed by atoms with Crippen LogP contribution in [0.3, 0.4) is 0 Å². The zero-order chi connectivity index (χ0) is 14.4. The minimum Gasteiger partial charge on any atom is -0.490 e. The molecule has 0 bridgehead atoms. The molecule has 2 aromatic rings. The molecule has 1 aromatic carbocycles. The SMILES string of the molecule is CCOc1ccc(/C=N/n2cn[nH]c2=S)cc1OCC. The summed E-state index contributed by atoms with van der Waals surface area (Å²) in [6, 6.07) is 5.65. The first-order valence-corrected chi connectivity index (χ1v) is 6.71. The molecular weight excluding hydrogens is 276 g/mol. The minimum atomic E-state index is 0.442. The van der Waals surface area contributed by atoms with E-state index in [4.69, 9.17) is 21.7 Å². The van der Waals surface area contributed by atoms with Gasteiger partial charge in [0.15, 0.2) is 11.5 Å². The van der Waals surface area contributed by atoms with E-state index in [1.54, 1.807) is 6.21 Å². The molecule has 0 spiro atoms. The smallest absolute Gasteiger partial charge is 0.216 e. The summed E-state index contributed by atoms with van der Waals surface area (Å²) in [4.78, 5) is 0. The molecule has 0 fully saturated rings. The van der Waals surface area contributed by atoms with Gasteiger partial charge in [-0.25, -0.2) is 0 Å². The fraction of sp³-hybridized carbons (Fsp3) is 0.308. The van der Waals surface area contributed by atoms with E-state index in [0.717, 1.165) is 11.3 Å². The Labute approximate surface area is 122 Å². The molecule has 0 saturated carbocycles. The maximum absolute atomic E-state index is 5.56. The third kappa shape index (κ3) is 3.45. The van der Waals surface area contributed by atoms with E-state index < -0.39 is 0 Å². The van der Waals surface area contributed by atoms with E-state index in [-0.39, 0.29) is 0 Å². The first kappa shape index (κ1) is 14.3. The molecule has 1 N–H and O–H groups in total. The summed E-state index contributed by atoms with van der Waals surface area (Å²) < 4.78 is 13.0. The average Bonchev–Trinajstić information content (AvgIpc) is 2.85. The van der Waals surface area contributed by atoms with Gasteiger partial charge >= 0.3 is 0 Å². The summed E-state index contributed by atoms with van der Waals surface area (Å²) in [5.74, 6) is 1.43. The standard InChI is InChI=1S/C13H16N4O2S/c1-3-18-11-6-5-10(7-12(11)19-4-2)8-15-17-9-14-16-13(17)20/h5-9H,3-4H2,1-2H3,(H,16,20)/b15-8+. The van der Waals surface area contributed by atoms with Crippen LogP contribution in [0.15, 0.2) is 29.6 Å². The summed E-state index contributed by atoms with van der Waals surface area (Å²) in [5, 5.41) is 10.6. The highest BCUT2D eigenvalue weighted by atomic mass is 32.1. The van der Waals surface area contributed by atoms with Gasteiger partial charge < -0.3 is 9.47 Å². The summed E-state index contributed by atoms with van der Waals surface area (Å²) in [7, 11) is 0. The van der Waals surface area contributed by atoms with Crippen molar-refractivity contribution in [3.8, 4) is 11.5 Å². The van der Waals surface area contributed by atoms with Gasteiger partial charge in [0.2, 0.25) is 4.77 Å². The molecule has 0 amide bonds. The molecule has 1 aromatic heterocycles. The first-order valence-electron chi connectivity index (χ1n) is 6.30. The highest BCUT2D eigenvalue weighted by Gasteiger charge is 2.05. The fourth-order valence-electron chi connectivity index (χ4n) is 1.60. The highest BCUT2D eigenvalue weighted by Crippen LogP contribution is 2.27.